The molecule has 2 heterocycles. The van der Waals surface area contributed by atoms with Gasteiger partial charge in [-0.15, -0.1) is 11.3 Å². The van der Waals surface area contributed by atoms with E-state index >= 15 is 0 Å². The number of thiophene rings is 1. The second-order valence-corrected chi connectivity index (χ2v) is 6.47. The van der Waals surface area contributed by atoms with Crippen molar-refractivity contribution in [1.29, 1.82) is 0 Å². The van der Waals surface area contributed by atoms with Crippen molar-refractivity contribution in [3.63, 3.8) is 0 Å². The summed E-state index contributed by atoms with van der Waals surface area (Å²) >= 11 is 6.57. The maximum atomic E-state index is 11.7. The molecule has 1 amide bonds. The van der Waals surface area contributed by atoms with Crippen LogP contribution < -0.4 is 0 Å². The predicted octanol–water partition coefficient (Wildman–Crippen LogP) is 1.57. The summed E-state index contributed by atoms with van der Waals surface area (Å²) in [6, 6.07) is 1.40. The molecule has 2 rings (SSSR count). The third-order valence-electron chi connectivity index (χ3n) is 1.94. The van der Waals surface area contributed by atoms with E-state index in [1.54, 1.807) is 6.92 Å². The second-order valence-electron chi connectivity index (χ2n) is 2.73. The van der Waals surface area contributed by atoms with E-state index in [0.717, 1.165) is 15.6 Å². The van der Waals surface area contributed by atoms with Crippen molar-refractivity contribution in [3.05, 3.63) is 16.0 Å². The molecular weight excluding hydrogens is 246 g/mol. The lowest BCUT2D eigenvalue weighted by molar-refractivity contribution is 0.0876. The standard InChI is InChI=1S/C7H6ClNO3S2/c1-2-9-6(10)4-3-5(8)13-7(4)14(9,11)12/h3H,2H2,1H3. The van der Waals surface area contributed by atoms with Crippen LogP contribution >= 0.6 is 22.9 Å². The van der Waals surface area contributed by atoms with Crippen LogP contribution in [0, 0.1) is 0 Å². The normalized spacial score (nSPS) is 18.7. The molecule has 0 N–H and O–H groups in total. The SMILES string of the molecule is CCN1C(=O)c2cc(Cl)sc2S1(=O)=O. The lowest BCUT2D eigenvalue weighted by Crippen LogP contribution is -2.29. The van der Waals surface area contributed by atoms with Crippen molar-refractivity contribution in [1.82, 2.24) is 4.31 Å². The van der Waals surface area contributed by atoms with Crippen molar-refractivity contribution in [2.45, 2.75) is 11.1 Å². The Morgan fingerprint density at radius 3 is 2.71 bits per heavy atom. The van der Waals surface area contributed by atoms with Crippen molar-refractivity contribution in [2.24, 2.45) is 0 Å². The van der Waals surface area contributed by atoms with Crippen LogP contribution in [0.5, 0.6) is 0 Å². The van der Waals surface area contributed by atoms with Gasteiger partial charge in [0, 0.05) is 6.54 Å². The van der Waals surface area contributed by atoms with Gasteiger partial charge >= 0.3 is 0 Å². The van der Waals surface area contributed by atoms with Crippen LogP contribution in [0.4, 0.5) is 0 Å². The highest BCUT2D eigenvalue weighted by Gasteiger charge is 2.42. The highest BCUT2D eigenvalue weighted by Crippen LogP contribution is 2.38. The number of sulfonamides is 1. The highest BCUT2D eigenvalue weighted by atomic mass is 35.5. The summed E-state index contributed by atoms with van der Waals surface area (Å²) in [5.41, 5.74) is 0.196. The molecule has 1 aromatic rings. The zero-order valence-corrected chi connectivity index (χ0v) is 9.54. The predicted molar refractivity (Wildman–Crippen MR) is 53.2 cm³/mol. The van der Waals surface area contributed by atoms with Crippen LogP contribution in [-0.4, -0.2) is 25.2 Å². The fourth-order valence-electron chi connectivity index (χ4n) is 1.34. The summed E-state index contributed by atoms with van der Waals surface area (Å²) in [7, 11) is -3.61. The van der Waals surface area contributed by atoms with Gasteiger partial charge in [-0.1, -0.05) is 11.6 Å². The molecule has 1 aromatic heterocycles. The van der Waals surface area contributed by atoms with E-state index < -0.39 is 15.9 Å². The van der Waals surface area contributed by atoms with E-state index in [4.69, 9.17) is 11.6 Å². The first-order chi connectivity index (χ1) is 6.48. The molecular formula is C7H6ClNO3S2. The lowest BCUT2D eigenvalue weighted by Gasteiger charge is -2.11. The lowest BCUT2D eigenvalue weighted by atomic mass is 10.3. The third kappa shape index (κ3) is 1.11. The first-order valence-corrected chi connectivity index (χ1v) is 6.48. The molecule has 76 valence electrons. The van der Waals surface area contributed by atoms with Gasteiger partial charge in [0.1, 0.15) is 0 Å². The van der Waals surface area contributed by atoms with Crippen LogP contribution in [0.25, 0.3) is 0 Å². The monoisotopic (exact) mass is 251 g/mol. The fourth-order valence-corrected chi connectivity index (χ4v) is 4.67. The van der Waals surface area contributed by atoms with E-state index in [1.165, 1.54) is 6.07 Å². The minimum absolute atomic E-state index is 0.0642. The molecule has 0 unspecified atom stereocenters. The molecule has 0 saturated heterocycles. The van der Waals surface area contributed by atoms with Gasteiger partial charge in [-0.2, -0.15) is 0 Å². The largest absolute Gasteiger partial charge is 0.277 e. The van der Waals surface area contributed by atoms with Crippen molar-refractivity contribution in [2.75, 3.05) is 6.54 Å². The number of carbonyl (C=O) groups is 1. The summed E-state index contributed by atoms with van der Waals surface area (Å²) in [4.78, 5) is 11.6. The zero-order valence-electron chi connectivity index (χ0n) is 7.15. The number of amides is 1. The molecule has 1 aliphatic heterocycles. The Morgan fingerprint density at radius 1 is 1.57 bits per heavy atom. The minimum atomic E-state index is -3.61. The van der Waals surface area contributed by atoms with Crippen molar-refractivity contribution >= 4 is 38.9 Å². The zero-order chi connectivity index (χ0) is 10.5. The average molecular weight is 252 g/mol. The molecule has 0 saturated carbocycles. The second kappa shape index (κ2) is 2.95. The Bertz CT molecular complexity index is 505. The third-order valence-corrected chi connectivity index (χ3v) is 5.57. The van der Waals surface area contributed by atoms with Crippen LogP contribution in [0.3, 0.4) is 0 Å². The first kappa shape index (κ1) is 9.95. The summed E-state index contributed by atoms with van der Waals surface area (Å²) in [5, 5.41) is 0. The molecule has 7 heteroatoms. The van der Waals surface area contributed by atoms with Gasteiger partial charge in [0.25, 0.3) is 15.9 Å². The van der Waals surface area contributed by atoms with Gasteiger partial charge < -0.3 is 0 Å². The summed E-state index contributed by atoms with van der Waals surface area (Å²) in [6.45, 7) is 1.77. The molecule has 0 aliphatic carbocycles. The first-order valence-electron chi connectivity index (χ1n) is 3.85. The highest BCUT2D eigenvalue weighted by molar-refractivity contribution is 7.92. The molecule has 1 aliphatic rings. The van der Waals surface area contributed by atoms with Crippen LogP contribution in [0.15, 0.2) is 10.3 Å². The number of nitrogens with zero attached hydrogens (tertiary/aromatic N) is 1. The van der Waals surface area contributed by atoms with E-state index in [0.29, 0.717) is 4.34 Å². The summed E-state index contributed by atoms with van der Waals surface area (Å²) in [5.74, 6) is -0.481. The smallest absolute Gasteiger partial charge is 0.268 e. The Morgan fingerprint density at radius 2 is 2.21 bits per heavy atom. The van der Waals surface area contributed by atoms with E-state index in [1.807, 2.05) is 0 Å². The van der Waals surface area contributed by atoms with Gasteiger partial charge in [-0.3, -0.25) is 4.79 Å². The summed E-state index contributed by atoms with van der Waals surface area (Å²) < 4.78 is 24.6. The molecule has 0 atom stereocenters. The quantitative estimate of drug-likeness (QED) is 0.761. The number of hydrogen-bond donors (Lipinski definition) is 0. The Kier molecular flexibility index (Phi) is 2.09. The molecule has 0 aromatic carbocycles. The number of fused-ring (bicyclic) bond motifs is 1. The molecule has 0 spiro atoms. The Labute approximate surface area is 90.1 Å². The molecule has 0 radical (unpaired) electrons. The maximum Gasteiger partial charge on any atom is 0.277 e. The molecule has 0 fully saturated rings. The van der Waals surface area contributed by atoms with Gasteiger partial charge in [0.05, 0.1) is 9.90 Å². The number of rotatable bonds is 1. The van der Waals surface area contributed by atoms with E-state index in [2.05, 4.69) is 0 Å². The van der Waals surface area contributed by atoms with Crippen molar-refractivity contribution < 1.29 is 13.2 Å². The molecule has 0 bridgehead atoms. The van der Waals surface area contributed by atoms with Crippen LogP contribution in [-0.2, 0) is 10.0 Å². The molecule has 14 heavy (non-hydrogen) atoms. The van der Waals surface area contributed by atoms with E-state index in [9.17, 15) is 13.2 Å². The summed E-state index contributed by atoms with van der Waals surface area (Å²) in [6.07, 6.45) is 0. The van der Waals surface area contributed by atoms with Gasteiger partial charge in [0.2, 0.25) is 0 Å². The van der Waals surface area contributed by atoms with Crippen LogP contribution in [0.2, 0.25) is 4.34 Å². The molecule has 4 nitrogen and oxygen atoms in total. The van der Waals surface area contributed by atoms with Crippen molar-refractivity contribution in [3.8, 4) is 0 Å². The van der Waals surface area contributed by atoms with Gasteiger partial charge in [0.15, 0.2) is 4.21 Å². The number of halogens is 1. The van der Waals surface area contributed by atoms with Gasteiger partial charge in [-0.05, 0) is 13.0 Å². The Hall–Kier alpha value is -0.590. The van der Waals surface area contributed by atoms with E-state index in [-0.39, 0.29) is 16.3 Å². The number of carbonyl (C=O) groups excluding carboxylic acids is 1. The minimum Gasteiger partial charge on any atom is -0.268 e. The van der Waals surface area contributed by atoms with Crippen LogP contribution in [0.1, 0.15) is 17.3 Å². The Balaban J connectivity index is 2.71. The maximum absolute atomic E-state index is 11.7. The fraction of sp³-hybridized carbons (Fsp3) is 0.286. The van der Waals surface area contributed by atoms with Gasteiger partial charge in [-0.25, -0.2) is 12.7 Å². The topological polar surface area (TPSA) is 54.5 Å². The average Bonchev–Trinajstić information content (AvgIpc) is 2.54. The number of hydrogen-bond acceptors (Lipinski definition) is 4.